The molecular formula is C28H32Cl2N6O5. The van der Waals surface area contributed by atoms with Crippen molar-refractivity contribution in [3.63, 3.8) is 0 Å². The molecule has 3 rings (SSSR count). The van der Waals surface area contributed by atoms with Gasteiger partial charge in [0.1, 0.15) is 17.3 Å². The number of carbonyl (C=O) groups excluding carboxylic acids is 1. The maximum atomic E-state index is 12.1. The second-order valence-electron chi connectivity index (χ2n) is 8.40. The molecule has 13 heteroatoms. The van der Waals surface area contributed by atoms with E-state index in [1.54, 1.807) is 38.6 Å². The van der Waals surface area contributed by atoms with Crippen LogP contribution in [0.1, 0.15) is 5.69 Å². The van der Waals surface area contributed by atoms with E-state index < -0.39 is 5.91 Å². The van der Waals surface area contributed by atoms with Gasteiger partial charge in [0.05, 0.1) is 60.3 Å². The summed E-state index contributed by atoms with van der Waals surface area (Å²) >= 11 is 13.4. The predicted octanol–water partition coefficient (Wildman–Crippen LogP) is 4.54. The van der Waals surface area contributed by atoms with Crippen LogP contribution in [0.2, 0.25) is 10.0 Å². The molecular weight excluding hydrogens is 571 g/mol. The molecule has 0 radical (unpaired) electrons. The highest BCUT2D eigenvalue weighted by atomic mass is 35.5. The molecule has 4 N–H and O–H groups in total. The Labute approximate surface area is 248 Å². The number of nitrogens with one attached hydrogen (secondary N) is 4. The molecule has 0 aliphatic heterocycles. The summed E-state index contributed by atoms with van der Waals surface area (Å²) in [5, 5.41) is 19.0. The number of fused-ring (bicyclic) bond motifs is 1. The zero-order valence-electron chi connectivity index (χ0n) is 23.2. The normalized spacial score (nSPS) is 11.5. The molecule has 0 spiro atoms. The highest BCUT2D eigenvalue weighted by Crippen LogP contribution is 2.46. The number of anilines is 1. The van der Waals surface area contributed by atoms with Crippen LogP contribution in [0, 0.1) is 5.41 Å². The molecule has 1 aromatic carbocycles. The molecule has 0 aliphatic rings. The van der Waals surface area contributed by atoms with Crippen molar-refractivity contribution in [2.45, 2.75) is 0 Å². The van der Waals surface area contributed by atoms with Gasteiger partial charge in [-0.3, -0.25) is 9.78 Å². The van der Waals surface area contributed by atoms with Crippen molar-refractivity contribution >= 4 is 57.6 Å². The zero-order chi connectivity index (χ0) is 29.9. The molecule has 0 unspecified atom stereocenters. The molecule has 218 valence electrons. The number of methoxy groups -OCH3 is 4. The summed E-state index contributed by atoms with van der Waals surface area (Å²) in [5.74, 6) is 0.801. The Hall–Kier alpha value is -3.90. The van der Waals surface area contributed by atoms with Crippen molar-refractivity contribution in [3.05, 3.63) is 58.5 Å². The highest BCUT2D eigenvalue weighted by Gasteiger charge is 2.22. The zero-order valence-corrected chi connectivity index (χ0v) is 24.7. The molecule has 41 heavy (non-hydrogen) atoms. The van der Waals surface area contributed by atoms with Crippen LogP contribution in [-0.2, 0) is 14.3 Å². The number of ether oxygens (including phenoxy) is 4. The predicted molar refractivity (Wildman–Crippen MR) is 162 cm³/mol. The van der Waals surface area contributed by atoms with Crippen molar-refractivity contribution in [1.29, 1.82) is 5.41 Å². The van der Waals surface area contributed by atoms with Crippen LogP contribution in [-0.4, -0.2) is 76.8 Å². The number of rotatable bonds is 15. The number of halogens is 2. The minimum atomic E-state index is -0.467. The summed E-state index contributed by atoms with van der Waals surface area (Å²) in [6.07, 6.45) is 3.81. The van der Waals surface area contributed by atoms with Gasteiger partial charge in [-0.15, -0.1) is 0 Å². The number of amides is 1. The minimum Gasteiger partial charge on any atom is -0.495 e. The fraction of sp³-hybridized carbons (Fsp3) is 0.286. The Bertz CT molecular complexity index is 1440. The summed E-state index contributed by atoms with van der Waals surface area (Å²) in [5.41, 5.74) is 1.99. The first-order chi connectivity index (χ1) is 19.8. The van der Waals surface area contributed by atoms with Gasteiger partial charge in [-0.1, -0.05) is 29.8 Å². The number of aromatic nitrogens is 2. The average molecular weight is 604 g/mol. The number of pyridine rings is 2. The average Bonchev–Trinajstić information content (AvgIpc) is 2.98. The van der Waals surface area contributed by atoms with Gasteiger partial charge >= 0.3 is 0 Å². The monoisotopic (exact) mass is 602 g/mol. The van der Waals surface area contributed by atoms with Crippen LogP contribution in [0.15, 0.2) is 42.7 Å². The van der Waals surface area contributed by atoms with E-state index in [1.165, 1.54) is 14.2 Å². The summed E-state index contributed by atoms with van der Waals surface area (Å²) in [6.45, 7) is 5.15. The standard InChI is InChI=1S/C28H32Cl2N6O5/c1-6-23(37)35-20(14-31)27(32-7-9-38-2)19-12-17-16(15-34-19)11-18(36-28(17)33-8-10-39-3)24-25(29)21(40-4)13-22(41-5)26(24)30/h6,11-15,31-32H,1,7-10H2,2-5H3,(H,33,36)(H,35,37)/b27-20+,31-14?. The van der Waals surface area contributed by atoms with E-state index in [0.29, 0.717) is 71.7 Å². The van der Waals surface area contributed by atoms with Gasteiger partial charge in [0.2, 0.25) is 5.91 Å². The van der Waals surface area contributed by atoms with Gasteiger partial charge in [0.15, 0.2) is 0 Å². The van der Waals surface area contributed by atoms with Crippen LogP contribution < -0.4 is 25.4 Å². The Balaban J connectivity index is 2.27. The van der Waals surface area contributed by atoms with E-state index >= 15 is 0 Å². The lowest BCUT2D eigenvalue weighted by Crippen LogP contribution is -2.28. The maximum Gasteiger partial charge on any atom is 0.247 e. The molecule has 2 heterocycles. The lowest BCUT2D eigenvalue weighted by molar-refractivity contribution is -0.115. The van der Waals surface area contributed by atoms with E-state index in [-0.39, 0.29) is 15.7 Å². The van der Waals surface area contributed by atoms with Crippen LogP contribution in [0.3, 0.4) is 0 Å². The molecule has 3 aromatic rings. The van der Waals surface area contributed by atoms with Crippen LogP contribution in [0.5, 0.6) is 11.5 Å². The van der Waals surface area contributed by atoms with Gasteiger partial charge in [-0.2, -0.15) is 0 Å². The lowest BCUT2D eigenvalue weighted by atomic mass is 10.1. The number of carbonyl (C=O) groups is 1. The molecule has 1 amide bonds. The Morgan fingerprint density at radius 1 is 1.02 bits per heavy atom. The SMILES string of the molecule is C=CC(=O)N/C(C=N)=C(/NCCOC)c1cc2c(NCCOC)nc(-c3c(Cl)c(OC)cc(OC)c3Cl)cc2cn1. The number of nitrogens with zero attached hydrogens (tertiary/aromatic N) is 2. The molecule has 0 saturated heterocycles. The maximum absolute atomic E-state index is 12.1. The number of benzene rings is 1. The number of hydrogen-bond donors (Lipinski definition) is 4. The molecule has 0 bridgehead atoms. The fourth-order valence-corrected chi connectivity index (χ4v) is 4.58. The summed E-state index contributed by atoms with van der Waals surface area (Å²) < 4.78 is 21.2. The van der Waals surface area contributed by atoms with E-state index in [2.05, 4.69) is 27.5 Å². The summed E-state index contributed by atoms with van der Waals surface area (Å²) in [7, 11) is 6.18. The molecule has 0 atom stereocenters. The Kier molecular flexibility index (Phi) is 11.7. The second-order valence-corrected chi connectivity index (χ2v) is 9.15. The van der Waals surface area contributed by atoms with E-state index in [4.69, 9.17) is 52.5 Å². The van der Waals surface area contributed by atoms with Gasteiger partial charge in [0, 0.05) is 62.1 Å². The van der Waals surface area contributed by atoms with Crippen molar-refractivity contribution in [1.82, 2.24) is 20.6 Å². The van der Waals surface area contributed by atoms with E-state index in [1.807, 2.05) is 0 Å². The number of allylic oxidation sites excluding steroid dienone is 1. The van der Waals surface area contributed by atoms with Crippen molar-refractivity contribution in [3.8, 4) is 22.8 Å². The van der Waals surface area contributed by atoms with Crippen LogP contribution in [0.25, 0.3) is 27.7 Å². The van der Waals surface area contributed by atoms with Gasteiger partial charge in [0.25, 0.3) is 0 Å². The molecule has 0 saturated carbocycles. The van der Waals surface area contributed by atoms with Crippen molar-refractivity contribution < 1.29 is 23.7 Å². The third-order valence-corrected chi connectivity index (χ3v) is 6.61. The molecule has 11 nitrogen and oxygen atoms in total. The first-order valence-corrected chi connectivity index (χ1v) is 13.1. The largest absolute Gasteiger partial charge is 0.495 e. The summed E-state index contributed by atoms with van der Waals surface area (Å²) in [4.78, 5) is 21.6. The van der Waals surface area contributed by atoms with Crippen LogP contribution in [0.4, 0.5) is 5.82 Å². The summed E-state index contributed by atoms with van der Waals surface area (Å²) in [6, 6.07) is 5.21. The van der Waals surface area contributed by atoms with Crippen molar-refractivity contribution in [2.75, 3.05) is 60.1 Å². The third-order valence-electron chi connectivity index (χ3n) is 5.86. The third kappa shape index (κ3) is 7.44. The molecule has 0 fully saturated rings. The van der Waals surface area contributed by atoms with E-state index in [0.717, 1.165) is 17.7 Å². The smallest absolute Gasteiger partial charge is 0.247 e. The first-order valence-electron chi connectivity index (χ1n) is 12.4. The van der Waals surface area contributed by atoms with Crippen LogP contribution >= 0.6 is 23.2 Å². The van der Waals surface area contributed by atoms with E-state index in [9.17, 15) is 4.79 Å². The Morgan fingerprint density at radius 3 is 2.27 bits per heavy atom. The molecule has 0 aliphatic carbocycles. The second kappa shape index (κ2) is 15.2. The molecule has 2 aromatic heterocycles. The topological polar surface area (TPSA) is 140 Å². The Morgan fingerprint density at radius 2 is 1.68 bits per heavy atom. The van der Waals surface area contributed by atoms with Gasteiger partial charge in [-0.25, -0.2) is 4.98 Å². The van der Waals surface area contributed by atoms with Gasteiger partial charge < -0.3 is 40.3 Å². The lowest BCUT2D eigenvalue weighted by Gasteiger charge is -2.18. The quantitative estimate of drug-likeness (QED) is 0.112. The first kappa shape index (κ1) is 31.6. The fourth-order valence-electron chi connectivity index (χ4n) is 3.88. The number of hydrogen-bond acceptors (Lipinski definition) is 10. The minimum absolute atomic E-state index is 0.207. The van der Waals surface area contributed by atoms with Crippen molar-refractivity contribution in [2.24, 2.45) is 0 Å². The highest BCUT2D eigenvalue weighted by molar-refractivity contribution is 6.41. The van der Waals surface area contributed by atoms with Gasteiger partial charge in [-0.05, 0) is 18.2 Å².